The van der Waals surface area contributed by atoms with E-state index < -0.39 is 0 Å². The standard InChI is InChI=1S/C15H19NO/c1-2-7-14-10-6-11-15(17)16(14)12-13-8-4-3-5-9-13/h2-5,8-9,14H,1,6-7,10-12H2/t14-/m1/s1. The van der Waals surface area contributed by atoms with Gasteiger partial charge in [-0.3, -0.25) is 4.79 Å². The van der Waals surface area contributed by atoms with Crippen molar-refractivity contribution >= 4 is 5.91 Å². The first-order valence-corrected chi connectivity index (χ1v) is 6.25. The molecule has 2 rings (SSSR count). The molecule has 2 heteroatoms. The second kappa shape index (κ2) is 5.67. The number of hydrogen-bond donors (Lipinski definition) is 0. The molecular formula is C15H19NO. The van der Waals surface area contributed by atoms with E-state index in [4.69, 9.17) is 0 Å². The Morgan fingerprint density at radius 2 is 2.12 bits per heavy atom. The first kappa shape index (κ1) is 11.9. The molecule has 1 fully saturated rings. The molecule has 2 nitrogen and oxygen atoms in total. The largest absolute Gasteiger partial charge is 0.335 e. The summed E-state index contributed by atoms with van der Waals surface area (Å²) in [5.74, 6) is 0.284. The third-order valence-electron chi connectivity index (χ3n) is 3.32. The summed E-state index contributed by atoms with van der Waals surface area (Å²) >= 11 is 0. The van der Waals surface area contributed by atoms with Crippen LogP contribution in [0.3, 0.4) is 0 Å². The van der Waals surface area contributed by atoms with Gasteiger partial charge in [-0.05, 0) is 24.8 Å². The molecule has 0 aliphatic carbocycles. The van der Waals surface area contributed by atoms with Crippen molar-refractivity contribution in [3.63, 3.8) is 0 Å². The van der Waals surface area contributed by atoms with E-state index in [-0.39, 0.29) is 5.91 Å². The van der Waals surface area contributed by atoms with Crippen molar-refractivity contribution in [2.45, 2.75) is 38.3 Å². The summed E-state index contributed by atoms with van der Waals surface area (Å²) in [7, 11) is 0. The molecular weight excluding hydrogens is 210 g/mol. The molecule has 0 unspecified atom stereocenters. The predicted octanol–water partition coefficient (Wildman–Crippen LogP) is 3.14. The fourth-order valence-corrected chi connectivity index (χ4v) is 2.43. The summed E-state index contributed by atoms with van der Waals surface area (Å²) in [5, 5.41) is 0. The Kier molecular flexibility index (Phi) is 3.97. The van der Waals surface area contributed by atoms with E-state index in [1.807, 2.05) is 29.2 Å². The van der Waals surface area contributed by atoms with Crippen molar-refractivity contribution in [2.24, 2.45) is 0 Å². The topological polar surface area (TPSA) is 20.3 Å². The minimum Gasteiger partial charge on any atom is -0.335 e. The zero-order valence-electron chi connectivity index (χ0n) is 10.1. The van der Waals surface area contributed by atoms with Gasteiger partial charge in [0.2, 0.25) is 5.91 Å². The summed E-state index contributed by atoms with van der Waals surface area (Å²) in [4.78, 5) is 14.0. The Balaban J connectivity index is 2.09. The molecule has 1 amide bonds. The minimum absolute atomic E-state index is 0.284. The Hall–Kier alpha value is -1.57. The molecule has 0 saturated carbocycles. The normalized spacial score (nSPS) is 20.4. The summed E-state index contributed by atoms with van der Waals surface area (Å²) in [6.45, 7) is 4.52. The lowest BCUT2D eigenvalue weighted by Gasteiger charge is -2.35. The Morgan fingerprint density at radius 3 is 2.82 bits per heavy atom. The van der Waals surface area contributed by atoms with E-state index in [1.165, 1.54) is 5.56 Å². The first-order chi connectivity index (χ1) is 8.31. The van der Waals surface area contributed by atoms with Crippen LogP contribution in [0.2, 0.25) is 0 Å². The summed E-state index contributed by atoms with van der Waals surface area (Å²) in [5.41, 5.74) is 1.21. The third-order valence-corrected chi connectivity index (χ3v) is 3.32. The zero-order valence-corrected chi connectivity index (χ0v) is 10.1. The quantitative estimate of drug-likeness (QED) is 0.726. The van der Waals surface area contributed by atoms with Crippen LogP contribution in [0.15, 0.2) is 43.0 Å². The lowest BCUT2D eigenvalue weighted by Crippen LogP contribution is -2.42. The van der Waals surface area contributed by atoms with Gasteiger partial charge in [0.1, 0.15) is 0 Å². The number of likely N-dealkylation sites (tertiary alicyclic amines) is 1. The van der Waals surface area contributed by atoms with Crippen LogP contribution < -0.4 is 0 Å². The molecule has 1 aliphatic rings. The van der Waals surface area contributed by atoms with Crippen LogP contribution >= 0.6 is 0 Å². The SMILES string of the molecule is C=CC[C@@H]1CCCC(=O)N1Cc1ccccc1. The van der Waals surface area contributed by atoms with Gasteiger partial charge < -0.3 is 4.90 Å². The van der Waals surface area contributed by atoms with Gasteiger partial charge in [0.25, 0.3) is 0 Å². The van der Waals surface area contributed by atoms with Gasteiger partial charge in [0.05, 0.1) is 0 Å². The van der Waals surface area contributed by atoms with E-state index >= 15 is 0 Å². The molecule has 1 atom stereocenters. The smallest absolute Gasteiger partial charge is 0.223 e. The highest BCUT2D eigenvalue weighted by Crippen LogP contribution is 2.23. The molecule has 0 bridgehead atoms. The van der Waals surface area contributed by atoms with Crippen molar-refractivity contribution in [1.82, 2.24) is 4.90 Å². The molecule has 1 aromatic rings. The van der Waals surface area contributed by atoms with Crippen LogP contribution in [0, 0.1) is 0 Å². The van der Waals surface area contributed by atoms with E-state index in [9.17, 15) is 4.79 Å². The summed E-state index contributed by atoms with van der Waals surface area (Å²) < 4.78 is 0. The van der Waals surface area contributed by atoms with Crippen LogP contribution in [0.5, 0.6) is 0 Å². The van der Waals surface area contributed by atoms with Gasteiger partial charge in [0, 0.05) is 19.0 Å². The number of amides is 1. The maximum Gasteiger partial charge on any atom is 0.223 e. The highest BCUT2D eigenvalue weighted by atomic mass is 16.2. The third kappa shape index (κ3) is 2.96. The summed E-state index contributed by atoms with van der Waals surface area (Å²) in [6, 6.07) is 10.5. The molecule has 0 aromatic heterocycles. The molecule has 1 aliphatic heterocycles. The first-order valence-electron chi connectivity index (χ1n) is 6.25. The van der Waals surface area contributed by atoms with Crippen molar-refractivity contribution < 1.29 is 4.79 Å². The number of carbonyl (C=O) groups is 1. The second-order valence-electron chi connectivity index (χ2n) is 4.58. The molecule has 17 heavy (non-hydrogen) atoms. The molecule has 90 valence electrons. The van der Waals surface area contributed by atoms with Gasteiger partial charge >= 0.3 is 0 Å². The van der Waals surface area contributed by atoms with Crippen molar-refractivity contribution in [1.29, 1.82) is 0 Å². The molecule has 0 N–H and O–H groups in total. The van der Waals surface area contributed by atoms with Crippen molar-refractivity contribution in [3.8, 4) is 0 Å². The number of benzene rings is 1. The monoisotopic (exact) mass is 229 g/mol. The maximum atomic E-state index is 12.0. The van der Waals surface area contributed by atoms with Gasteiger partial charge in [0.15, 0.2) is 0 Å². The highest BCUT2D eigenvalue weighted by molar-refractivity contribution is 5.77. The lowest BCUT2D eigenvalue weighted by molar-refractivity contribution is -0.137. The zero-order chi connectivity index (χ0) is 12.1. The van der Waals surface area contributed by atoms with Gasteiger partial charge in [-0.2, -0.15) is 0 Å². The number of rotatable bonds is 4. The minimum atomic E-state index is 0.284. The molecule has 1 saturated heterocycles. The van der Waals surface area contributed by atoms with E-state index in [0.29, 0.717) is 12.5 Å². The van der Waals surface area contributed by atoms with Gasteiger partial charge in [-0.25, -0.2) is 0 Å². The molecule has 1 heterocycles. The van der Waals surface area contributed by atoms with Crippen LogP contribution in [0.1, 0.15) is 31.2 Å². The van der Waals surface area contributed by atoms with Crippen LogP contribution in [0.4, 0.5) is 0 Å². The fraction of sp³-hybridized carbons (Fsp3) is 0.400. The van der Waals surface area contributed by atoms with Crippen molar-refractivity contribution in [3.05, 3.63) is 48.6 Å². The van der Waals surface area contributed by atoms with Gasteiger partial charge in [-0.15, -0.1) is 6.58 Å². The highest BCUT2D eigenvalue weighted by Gasteiger charge is 2.26. The number of hydrogen-bond acceptors (Lipinski definition) is 1. The maximum absolute atomic E-state index is 12.0. The van der Waals surface area contributed by atoms with Crippen LogP contribution in [0.25, 0.3) is 0 Å². The average Bonchev–Trinajstić information content (AvgIpc) is 2.35. The van der Waals surface area contributed by atoms with Crippen molar-refractivity contribution in [2.75, 3.05) is 0 Å². The fourth-order valence-electron chi connectivity index (χ4n) is 2.43. The number of carbonyl (C=O) groups excluding carboxylic acids is 1. The number of piperidine rings is 1. The Bertz CT molecular complexity index is 385. The molecule has 0 radical (unpaired) electrons. The van der Waals surface area contributed by atoms with Gasteiger partial charge in [-0.1, -0.05) is 36.4 Å². The summed E-state index contributed by atoms with van der Waals surface area (Å²) in [6.07, 6.45) is 5.63. The van der Waals surface area contributed by atoms with E-state index in [2.05, 4.69) is 18.7 Å². The Labute approximate surface area is 103 Å². The van der Waals surface area contributed by atoms with Crippen LogP contribution in [-0.2, 0) is 11.3 Å². The Morgan fingerprint density at radius 1 is 1.35 bits per heavy atom. The number of nitrogens with zero attached hydrogens (tertiary/aromatic N) is 1. The average molecular weight is 229 g/mol. The molecule has 1 aromatic carbocycles. The van der Waals surface area contributed by atoms with E-state index in [1.54, 1.807) is 0 Å². The van der Waals surface area contributed by atoms with Crippen LogP contribution in [-0.4, -0.2) is 16.8 Å². The second-order valence-corrected chi connectivity index (χ2v) is 4.58. The predicted molar refractivity (Wildman–Crippen MR) is 69.4 cm³/mol. The molecule has 0 spiro atoms. The van der Waals surface area contributed by atoms with E-state index in [0.717, 1.165) is 25.8 Å². The lowest BCUT2D eigenvalue weighted by atomic mass is 9.98.